The summed E-state index contributed by atoms with van der Waals surface area (Å²) < 4.78 is 13.5. The summed E-state index contributed by atoms with van der Waals surface area (Å²) in [5.41, 5.74) is 4.99. The fraction of sp³-hybridized carbons (Fsp3) is 0.333. The Morgan fingerprint density at radius 1 is 1.00 bits per heavy atom. The lowest BCUT2D eigenvalue weighted by molar-refractivity contribution is -0.117. The van der Waals surface area contributed by atoms with E-state index in [4.69, 9.17) is 14.5 Å². The van der Waals surface area contributed by atoms with Crippen molar-refractivity contribution in [2.75, 3.05) is 24.7 Å². The van der Waals surface area contributed by atoms with Gasteiger partial charge in [0.1, 0.15) is 30.0 Å². The summed E-state index contributed by atoms with van der Waals surface area (Å²) in [6.07, 6.45) is -0.372. The Kier molecular flexibility index (Phi) is 7.15. The number of aliphatic hydroxyl groups excluding tert-OH is 1. The Balaban J connectivity index is 1.35. The molecule has 7 nitrogen and oxygen atoms in total. The number of aryl methyl sites for hydroxylation is 2. The average molecular weight is 500 g/mol. The van der Waals surface area contributed by atoms with E-state index in [1.54, 1.807) is 0 Å². The maximum atomic E-state index is 13.0. The second-order valence-electron chi connectivity index (χ2n) is 9.61. The molecule has 0 aliphatic carbocycles. The molecule has 1 N–H and O–H groups in total. The highest BCUT2D eigenvalue weighted by molar-refractivity contribution is 5.96. The molecule has 1 aliphatic rings. The van der Waals surface area contributed by atoms with Crippen LogP contribution in [0.5, 0.6) is 11.5 Å². The van der Waals surface area contributed by atoms with Crippen LogP contribution in [0.4, 0.5) is 5.69 Å². The van der Waals surface area contributed by atoms with Crippen molar-refractivity contribution >= 4 is 22.6 Å². The Bertz CT molecular complexity index is 1400. The first-order valence-electron chi connectivity index (χ1n) is 12.8. The van der Waals surface area contributed by atoms with Gasteiger partial charge < -0.3 is 24.0 Å². The number of hydrogen-bond donors (Lipinski definition) is 1. The molecule has 192 valence electrons. The van der Waals surface area contributed by atoms with Crippen molar-refractivity contribution in [1.29, 1.82) is 0 Å². The van der Waals surface area contributed by atoms with Crippen molar-refractivity contribution < 1.29 is 19.4 Å². The molecule has 2 atom stereocenters. The van der Waals surface area contributed by atoms with Gasteiger partial charge in [0.2, 0.25) is 5.91 Å². The number of ether oxygens (including phenoxy) is 2. The standard InChI is InChI=1S/C30H33N3O4/c1-4-36-25-13-10-23(11-14-25)32-17-22(16-29(32)35)30-31-27-7-5-6-8-28(27)33(30)18-24(34)19-37-26-12-9-20(2)21(3)15-26/h5-15,22,24,34H,4,16-19H2,1-3H3/t22-,24-/m0/s1. The van der Waals surface area contributed by atoms with Crippen molar-refractivity contribution in [3.8, 4) is 11.5 Å². The maximum absolute atomic E-state index is 13.0. The third-order valence-electron chi connectivity index (χ3n) is 6.95. The number of para-hydroxylation sites is 2. The molecule has 1 saturated heterocycles. The SMILES string of the molecule is CCOc1ccc(N2C[C@@H](c3nc4ccccc4n3C[C@H](O)COc3ccc(C)c(C)c3)CC2=O)cc1. The quantitative estimate of drug-likeness (QED) is 0.350. The number of nitrogens with zero attached hydrogens (tertiary/aromatic N) is 3. The van der Waals surface area contributed by atoms with Gasteiger partial charge in [-0.2, -0.15) is 0 Å². The summed E-state index contributed by atoms with van der Waals surface area (Å²) in [5.74, 6) is 2.32. The van der Waals surface area contributed by atoms with E-state index in [1.165, 1.54) is 5.56 Å². The molecule has 0 radical (unpaired) electrons. The first kappa shape index (κ1) is 24.8. The molecule has 0 spiro atoms. The van der Waals surface area contributed by atoms with Crippen LogP contribution in [0.1, 0.15) is 36.2 Å². The Morgan fingerprint density at radius 2 is 1.76 bits per heavy atom. The zero-order chi connectivity index (χ0) is 25.9. The highest BCUT2D eigenvalue weighted by Crippen LogP contribution is 2.34. The fourth-order valence-corrected chi connectivity index (χ4v) is 4.88. The van der Waals surface area contributed by atoms with Crippen molar-refractivity contribution in [1.82, 2.24) is 9.55 Å². The van der Waals surface area contributed by atoms with Crippen molar-refractivity contribution in [3.63, 3.8) is 0 Å². The average Bonchev–Trinajstić information content (AvgIpc) is 3.46. The lowest BCUT2D eigenvalue weighted by Crippen LogP contribution is -2.26. The number of amides is 1. The lowest BCUT2D eigenvalue weighted by atomic mass is 10.1. The maximum Gasteiger partial charge on any atom is 0.227 e. The second kappa shape index (κ2) is 10.6. The molecule has 2 heterocycles. The van der Waals surface area contributed by atoms with Crippen LogP contribution in [0.25, 0.3) is 11.0 Å². The molecule has 0 unspecified atom stereocenters. The summed E-state index contributed by atoms with van der Waals surface area (Å²) >= 11 is 0. The predicted molar refractivity (Wildman–Crippen MR) is 144 cm³/mol. The van der Waals surface area contributed by atoms with Crippen LogP contribution >= 0.6 is 0 Å². The van der Waals surface area contributed by atoms with Crippen LogP contribution in [0, 0.1) is 13.8 Å². The van der Waals surface area contributed by atoms with Gasteiger partial charge in [-0.1, -0.05) is 18.2 Å². The van der Waals surface area contributed by atoms with Crippen LogP contribution in [-0.2, 0) is 11.3 Å². The van der Waals surface area contributed by atoms with E-state index in [0.717, 1.165) is 39.6 Å². The van der Waals surface area contributed by atoms with Gasteiger partial charge in [0, 0.05) is 24.6 Å². The minimum Gasteiger partial charge on any atom is -0.494 e. The molecule has 0 bridgehead atoms. The van der Waals surface area contributed by atoms with E-state index in [9.17, 15) is 9.90 Å². The molecule has 37 heavy (non-hydrogen) atoms. The lowest BCUT2D eigenvalue weighted by Gasteiger charge is -2.19. The predicted octanol–water partition coefficient (Wildman–Crippen LogP) is 5.01. The molecule has 7 heteroatoms. The summed E-state index contributed by atoms with van der Waals surface area (Å²) in [5, 5.41) is 10.9. The number of hydrogen-bond acceptors (Lipinski definition) is 5. The topological polar surface area (TPSA) is 76.8 Å². The smallest absolute Gasteiger partial charge is 0.227 e. The highest BCUT2D eigenvalue weighted by atomic mass is 16.5. The third-order valence-corrected chi connectivity index (χ3v) is 6.95. The van der Waals surface area contributed by atoms with Gasteiger partial charge in [0.05, 0.1) is 24.2 Å². The number of anilines is 1. The van der Waals surface area contributed by atoms with Crippen molar-refractivity contribution in [2.45, 2.75) is 45.8 Å². The summed E-state index contributed by atoms with van der Waals surface area (Å²) in [4.78, 5) is 19.7. The van der Waals surface area contributed by atoms with E-state index in [0.29, 0.717) is 26.1 Å². The zero-order valence-electron chi connectivity index (χ0n) is 21.6. The molecule has 1 fully saturated rings. The minimum atomic E-state index is -0.739. The number of imidazole rings is 1. The number of aromatic nitrogens is 2. The Labute approximate surface area is 217 Å². The van der Waals surface area contributed by atoms with E-state index < -0.39 is 6.10 Å². The number of carbonyl (C=O) groups is 1. The van der Waals surface area contributed by atoms with Gasteiger partial charge in [0.25, 0.3) is 0 Å². The molecule has 1 amide bonds. The molecule has 1 aliphatic heterocycles. The van der Waals surface area contributed by atoms with E-state index in [1.807, 2.05) is 90.0 Å². The number of carbonyl (C=O) groups excluding carboxylic acids is 1. The molecule has 0 saturated carbocycles. The summed E-state index contributed by atoms with van der Waals surface area (Å²) in [7, 11) is 0. The molecule has 3 aromatic carbocycles. The Morgan fingerprint density at radius 3 is 2.51 bits per heavy atom. The van der Waals surface area contributed by atoms with Crippen LogP contribution in [0.3, 0.4) is 0 Å². The van der Waals surface area contributed by atoms with Crippen LogP contribution < -0.4 is 14.4 Å². The van der Waals surface area contributed by atoms with Gasteiger partial charge in [0.15, 0.2) is 0 Å². The van der Waals surface area contributed by atoms with Gasteiger partial charge in [-0.05, 0) is 80.4 Å². The molecular weight excluding hydrogens is 466 g/mol. The van der Waals surface area contributed by atoms with Crippen LogP contribution in [-0.4, -0.2) is 46.4 Å². The zero-order valence-corrected chi connectivity index (χ0v) is 21.6. The van der Waals surface area contributed by atoms with Gasteiger partial charge in [-0.3, -0.25) is 4.79 Å². The van der Waals surface area contributed by atoms with Gasteiger partial charge in [-0.15, -0.1) is 0 Å². The largest absolute Gasteiger partial charge is 0.494 e. The number of benzene rings is 3. The van der Waals surface area contributed by atoms with E-state index in [-0.39, 0.29) is 18.4 Å². The molecule has 1 aromatic heterocycles. The van der Waals surface area contributed by atoms with Gasteiger partial charge in [-0.25, -0.2) is 4.98 Å². The minimum absolute atomic E-state index is 0.0615. The summed E-state index contributed by atoms with van der Waals surface area (Å²) in [6.45, 7) is 7.67. The number of aliphatic hydroxyl groups is 1. The first-order chi connectivity index (χ1) is 17.9. The van der Waals surface area contributed by atoms with E-state index in [2.05, 4.69) is 6.92 Å². The van der Waals surface area contributed by atoms with Crippen molar-refractivity contribution in [3.05, 3.63) is 83.7 Å². The second-order valence-corrected chi connectivity index (χ2v) is 9.61. The molecule has 4 aromatic rings. The first-order valence-corrected chi connectivity index (χ1v) is 12.8. The number of rotatable bonds is 9. The normalized spacial score (nSPS) is 16.4. The van der Waals surface area contributed by atoms with E-state index >= 15 is 0 Å². The number of fused-ring (bicyclic) bond motifs is 1. The molecular formula is C30H33N3O4. The van der Waals surface area contributed by atoms with Crippen molar-refractivity contribution in [2.24, 2.45) is 0 Å². The van der Waals surface area contributed by atoms with Gasteiger partial charge >= 0.3 is 0 Å². The highest BCUT2D eigenvalue weighted by Gasteiger charge is 2.35. The fourth-order valence-electron chi connectivity index (χ4n) is 4.88. The monoisotopic (exact) mass is 499 g/mol. The Hall–Kier alpha value is -3.84. The molecule has 5 rings (SSSR count). The third kappa shape index (κ3) is 5.32. The van der Waals surface area contributed by atoms with Crippen LogP contribution in [0.15, 0.2) is 66.7 Å². The van der Waals surface area contributed by atoms with Crippen LogP contribution in [0.2, 0.25) is 0 Å². The summed E-state index contributed by atoms with van der Waals surface area (Å²) in [6, 6.07) is 21.4.